The van der Waals surface area contributed by atoms with E-state index in [9.17, 15) is 9.18 Å². The van der Waals surface area contributed by atoms with E-state index in [0.717, 1.165) is 6.42 Å². The van der Waals surface area contributed by atoms with E-state index in [1.54, 1.807) is 59.8 Å². The Bertz CT molecular complexity index is 975. The monoisotopic (exact) mass is 414 g/mol. The van der Waals surface area contributed by atoms with Crippen molar-refractivity contribution in [2.75, 3.05) is 7.11 Å². The van der Waals surface area contributed by atoms with Crippen molar-refractivity contribution in [3.63, 3.8) is 0 Å². The number of hydrogen-bond donors (Lipinski definition) is 1. The van der Waals surface area contributed by atoms with Crippen molar-refractivity contribution in [1.82, 2.24) is 20.1 Å². The highest BCUT2D eigenvalue weighted by molar-refractivity contribution is 7.99. The molecule has 6 nitrogen and oxygen atoms in total. The fourth-order valence-electron chi connectivity index (χ4n) is 2.63. The molecule has 0 aliphatic rings. The van der Waals surface area contributed by atoms with Crippen LogP contribution in [0.3, 0.4) is 0 Å². The average Bonchev–Trinajstić information content (AvgIpc) is 3.14. The van der Waals surface area contributed by atoms with E-state index in [0.29, 0.717) is 33.2 Å². The summed E-state index contributed by atoms with van der Waals surface area (Å²) in [6, 6.07) is 13.1. The number of thioether (sulfide) groups is 1. The van der Waals surface area contributed by atoms with Crippen LogP contribution in [0.1, 0.15) is 36.5 Å². The van der Waals surface area contributed by atoms with Crippen molar-refractivity contribution in [2.24, 2.45) is 0 Å². The normalized spacial score (nSPS) is 11.9. The number of nitrogens with zero attached hydrogens (tertiary/aromatic N) is 3. The molecule has 2 aromatic carbocycles. The van der Waals surface area contributed by atoms with Gasteiger partial charge in [-0.05, 0) is 48.9 Å². The standard InChI is InChI=1S/C21H23FN4O2S/c1-4-14(2)29-21-25-24-19(26(21)17-7-5-6-16(22)12-17)13-23-20(27)15-8-10-18(28-3)11-9-15/h5-12,14H,4,13H2,1-3H3,(H,23,27)/t14-/m0/s1. The van der Waals surface area contributed by atoms with Crippen LogP contribution in [0, 0.1) is 5.82 Å². The molecule has 1 atom stereocenters. The molecule has 0 unspecified atom stereocenters. The van der Waals surface area contributed by atoms with E-state index >= 15 is 0 Å². The average molecular weight is 415 g/mol. The van der Waals surface area contributed by atoms with Crippen LogP contribution < -0.4 is 10.1 Å². The Morgan fingerprint density at radius 1 is 1.24 bits per heavy atom. The van der Waals surface area contributed by atoms with Gasteiger partial charge in [0.2, 0.25) is 0 Å². The van der Waals surface area contributed by atoms with Crippen LogP contribution >= 0.6 is 11.8 Å². The molecule has 0 radical (unpaired) electrons. The minimum Gasteiger partial charge on any atom is -0.497 e. The highest BCUT2D eigenvalue weighted by atomic mass is 32.2. The number of benzene rings is 2. The Hall–Kier alpha value is -2.87. The van der Waals surface area contributed by atoms with Crippen LogP contribution in [0.15, 0.2) is 53.7 Å². The molecule has 3 rings (SSSR count). The topological polar surface area (TPSA) is 69.0 Å². The minimum absolute atomic E-state index is 0.162. The third-order valence-electron chi connectivity index (χ3n) is 4.41. The number of halogens is 1. The number of aromatic nitrogens is 3. The van der Waals surface area contributed by atoms with Crippen LogP contribution in [0.5, 0.6) is 5.75 Å². The summed E-state index contributed by atoms with van der Waals surface area (Å²) in [4.78, 5) is 12.5. The lowest BCUT2D eigenvalue weighted by Gasteiger charge is -2.13. The first-order valence-corrected chi connectivity index (χ1v) is 10.2. The molecule has 29 heavy (non-hydrogen) atoms. The number of amides is 1. The lowest BCUT2D eigenvalue weighted by atomic mass is 10.2. The third kappa shape index (κ3) is 5.14. The third-order valence-corrected chi connectivity index (χ3v) is 5.62. The summed E-state index contributed by atoms with van der Waals surface area (Å²) in [6.07, 6.45) is 0.963. The molecule has 0 aliphatic carbocycles. The zero-order valence-electron chi connectivity index (χ0n) is 16.6. The number of carbonyl (C=O) groups excluding carboxylic acids is 1. The first-order valence-electron chi connectivity index (χ1n) is 9.31. The quantitative estimate of drug-likeness (QED) is 0.559. The number of carbonyl (C=O) groups is 1. The van der Waals surface area contributed by atoms with Gasteiger partial charge < -0.3 is 10.1 Å². The fourth-order valence-corrected chi connectivity index (χ4v) is 3.56. The highest BCUT2D eigenvalue weighted by Gasteiger charge is 2.18. The van der Waals surface area contributed by atoms with Crippen molar-refractivity contribution in [3.05, 3.63) is 65.7 Å². The zero-order valence-corrected chi connectivity index (χ0v) is 17.4. The van der Waals surface area contributed by atoms with Gasteiger partial charge in [-0.3, -0.25) is 9.36 Å². The maximum Gasteiger partial charge on any atom is 0.251 e. The Balaban J connectivity index is 1.83. The predicted octanol–water partition coefficient (Wildman–Crippen LogP) is 4.24. The van der Waals surface area contributed by atoms with Gasteiger partial charge in [-0.1, -0.05) is 31.7 Å². The van der Waals surface area contributed by atoms with Crippen molar-refractivity contribution in [1.29, 1.82) is 0 Å². The summed E-state index contributed by atoms with van der Waals surface area (Å²) >= 11 is 1.57. The molecule has 1 N–H and O–H groups in total. The van der Waals surface area contributed by atoms with Crippen LogP contribution in [0.4, 0.5) is 4.39 Å². The molecule has 0 saturated carbocycles. The Morgan fingerprint density at radius 2 is 2.00 bits per heavy atom. The molecule has 1 aromatic heterocycles. The summed E-state index contributed by atoms with van der Waals surface area (Å²) in [5.74, 6) is 0.629. The lowest BCUT2D eigenvalue weighted by Crippen LogP contribution is -2.24. The Labute approximate surface area is 173 Å². The molecule has 3 aromatic rings. The fraction of sp³-hybridized carbons (Fsp3) is 0.286. The van der Waals surface area contributed by atoms with Gasteiger partial charge in [0.15, 0.2) is 11.0 Å². The Morgan fingerprint density at radius 3 is 2.66 bits per heavy atom. The summed E-state index contributed by atoms with van der Waals surface area (Å²) in [7, 11) is 1.57. The number of ether oxygens (including phenoxy) is 1. The molecule has 0 fully saturated rings. The van der Waals surface area contributed by atoms with Gasteiger partial charge >= 0.3 is 0 Å². The van der Waals surface area contributed by atoms with Gasteiger partial charge in [0.1, 0.15) is 11.6 Å². The van der Waals surface area contributed by atoms with Crippen LogP contribution in [0.2, 0.25) is 0 Å². The molecule has 8 heteroatoms. The van der Waals surface area contributed by atoms with Crippen molar-refractivity contribution >= 4 is 17.7 Å². The van der Waals surface area contributed by atoms with E-state index in [2.05, 4.69) is 29.4 Å². The van der Waals surface area contributed by atoms with Gasteiger partial charge in [0.05, 0.1) is 19.3 Å². The van der Waals surface area contributed by atoms with Crippen LogP contribution in [-0.4, -0.2) is 33.0 Å². The van der Waals surface area contributed by atoms with E-state index < -0.39 is 0 Å². The van der Waals surface area contributed by atoms with Crippen molar-refractivity contribution in [2.45, 2.75) is 37.2 Å². The van der Waals surface area contributed by atoms with E-state index in [-0.39, 0.29) is 18.3 Å². The van der Waals surface area contributed by atoms with Gasteiger partial charge in [0.25, 0.3) is 5.91 Å². The largest absolute Gasteiger partial charge is 0.497 e. The minimum atomic E-state index is -0.344. The maximum absolute atomic E-state index is 13.8. The van der Waals surface area contributed by atoms with Crippen LogP contribution in [-0.2, 0) is 6.54 Å². The predicted molar refractivity (Wildman–Crippen MR) is 111 cm³/mol. The second-order valence-corrected chi connectivity index (χ2v) is 7.87. The van der Waals surface area contributed by atoms with E-state index in [1.165, 1.54) is 12.1 Å². The molecule has 0 spiro atoms. The SMILES string of the molecule is CC[C@H](C)Sc1nnc(CNC(=O)c2ccc(OC)cc2)n1-c1cccc(F)c1. The first-order chi connectivity index (χ1) is 14.0. The summed E-state index contributed by atoms with van der Waals surface area (Å²) in [5, 5.41) is 12.4. The molecule has 0 saturated heterocycles. The number of methoxy groups -OCH3 is 1. The Kier molecular flexibility index (Phi) is 6.87. The van der Waals surface area contributed by atoms with Gasteiger partial charge in [-0.2, -0.15) is 0 Å². The summed E-state index contributed by atoms with van der Waals surface area (Å²) in [6.45, 7) is 4.35. The lowest BCUT2D eigenvalue weighted by molar-refractivity contribution is 0.0949. The van der Waals surface area contributed by atoms with Crippen molar-refractivity contribution < 1.29 is 13.9 Å². The zero-order chi connectivity index (χ0) is 20.8. The number of rotatable bonds is 8. The molecule has 1 amide bonds. The molecular weight excluding hydrogens is 391 g/mol. The van der Waals surface area contributed by atoms with Gasteiger partial charge in [-0.25, -0.2) is 4.39 Å². The second kappa shape index (κ2) is 9.56. The highest BCUT2D eigenvalue weighted by Crippen LogP contribution is 2.27. The van der Waals surface area contributed by atoms with Gasteiger partial charge in [0, 0.05) is 10.8 Å². The summed E-state index contributed by atoms with van der Waals surface area (Å²) in [5.41, 5.74) is 1.13. The number of hydrogen-bond acceptors (Lipinski definition) is 5. The maximum atomic E-state index is 13.8. The number of nitrogens with one attached hydrogen (secondary N) is 1. The smallest absolute Gasteiger partial charge is 0.251 e. The van der Waals surface area contributed by atoms with E-state index in [4.69, 9.17) is 4.74 Å². The van der Waals surface area contributed by atoms with Gasteiger partial charge in [-0.15, -0.1) is 10.2 Å². The second-order valence-electron chi connectivity index (χ2n) is 6.46. The molecule has 152 valence electrons. The molecule has 0 aliphatic heterocycles. The van der Waals surface area contributed by atoms with E-state index in [1.807, 2.05) is 0 Å². The summed E-state index contributed by atoms with van der Waals surface area (Å²) < 4.78 is 20.7. The van der Waals surface area contributed by atoms with Crippen molar-refractivity contribution in [3.8, 4) is 11.4 Å². The molecule has 1 heterocycles. The van der Waals surface area contributed by atoms with Crippen LogP contribution in [0.25, 0.3) is 5.69 Å². The first kappa shape index (κ1) is 20.9. The molecule has 0 bridgehead atoms. The molecular formula is C21H23FN4O2S.